The third-order valence-corrected chi connectivity index (χ3v) is 4.63. The van der Waals surface area contributed by atoms with E-state index in [2.05, 4.69) is 58.5 Å². The molecule has 1 N–H and O–H groups in total. The van der Waals surface area contributed by atoms with Crippen molar-refractivity contribution in [2.24, 2.45) is 0 Å². The van der Waals surface area contributed by atoms with Gasteiger partial charge in [0.2, 0.25) is 0 Å². The van der Waals surface area contributed by atoms with Crippen molar-refractivity contribution in [2.45, 2.75) is 58.4 Å². The summed E-state index contributed by atoms with van der Waals surface area (Å²) in [7, 11) is 0. The number of rotatable bonds is 5. The second-order valence-corrected chi connectivity index (χ2v) is 6.56. The molecule has 0 saturated heterocycles. The molecule has 1 aliphatic carbocycles. The molecule has 3 rings (SSSR count). The average Bonchev–Trinajstić information content (AvgIpc) is 2.85. The largest absolute Gasteiger partial charge is 0.366 e. The molecule has 0 amide bonds. The summed E-state index contributed by atoms with van der Waals surface area (Å²) in [6.07, 6.45) is 9.47. The Morgan fingerprint density at radius 2 is 1.96 bits per heavy atom. The van der Waals surface area contributed by atoms with Crippen LogP contribution in [-0.2, 0) is 0 Å². The number of nitrogens with one attached hydrogen (secondary N) is 1. The van der Waals surface area contributed by atoms with E-state index in [1.54, 1.807) is 6.20 Å². The van der Waals surface area contributed by atoms with E-state index in [1.165, 1.54) is 44.1 Å². The van der Waals surface area contributed by atoms with Crippen LogP contribution in [0, 0.1) is 6.92 Å². The Kier molecular flexibility index (Phi) is 5.62. The van der Waals surface area contributed by atoms with Crippen molar-refractivity contribution >= 4 is 17.5 Å². The molecule has 5 nitrogen and oxygen atoms in total. The zero-order chi connectivity index (χ0) is 16.8. The number of anilines is 3. The minimum absolute atomic E-state index is 0.506. The van der Waals surface area contributed by atoms with Gasteiger partial charge in [0, 0.05) is 18.3 Å². The van der Waals surface area contributed by atoms with E-state index in [1.807, 2.05) is 0 Å². The van der Waals surface area contributed by atoms with E-state index >= 15 is 0 Å². The number of benzene rings is 1. The van der Waals surface area contributed by atoms with E-state index in [9.17, 15) is 0 Å². The predicted molar refractivity (Wildman–Crippen MR) is 98.8 cm³/mol. The molecule has 0 unspecified atom stereocenters. The maximum atomic E-state index is 4.72. The Morgan fingerprint density at radius 1 is 1.17 bits per heavy atom. The highest BCUT2D eigenvalue weighted by Crippen LogP contribution is 2.24. The molecule has 1 heterocycles. The van der Waals surface area contributed by atoms with Crippen LogP contribution < -0.4 is 10.2 Å². The van der Waals surface area contributed by atoms with Crippen LogP contribution in [0.15, 0.2) is 30.5 Å². The summed E-state index contributed by atoms with van der Waals surface area (Å²) in [5, 5.41) is 12.0. The first kappa shape index (κ1) is 16.7. The molecule has 5 heteroatoms. The van der Waals surface area contributed by atoms with E-state index in [-0.39, 0.29) is 0 Å². The fourth-order valence-corrected chi connectivity index (χ4v) is 3.35. The normalized spacial score (nSPS) is 15.8. The van der Waals surface area contributed by atoms with Gasteiger partial charge < -0.3 is 10.2 Å². The van der Waals surface area contributed by atoms with Crippen molar-refractivity contribution in [3.05, 3.63) is 36.0 Å². The van der Waals surface area contributed by atoms with Gasteiger partial charge in [-0.25, -0.2) is 0 Å². The fraction of sp³-hybridized carbons (Fsp3) is 0.526. The standard InChI is InChI=1S/C19H27N5/c1-3-24(17-12-8-9-15(2)13-17)19-22-18(14-20-23-19)21-16-10-6-4-5-7-11-16/h8-9,12-14,16H,3-7,10-11H2,1-2H3,(H,21,22,23). The zero-order valence-corrected chi connectivity index (χ0v) is 14.7. The lowest BCUT2D eigenvalue weighted by Crippen LogP contribution is -2.22. The summed E-state index contributed by atoms with van der Waals surface area (Å²) in [6.45, 7) is 5.01. The van der Waals surface area contributed by atoms with E-state index in [0.717, 1.165) is 18.1 Å². The highest BCUT2D eigenvalue weighted by atomic mass is 15.3. The fourth-order valence-electron chi connectivity index (χ4n) is 3.35. The van der Waals surface area contributed by atoms with Crippen LogP contribution in [0.2, 0.25) is 0 Å². The van der Waals surface area contributed by atoms with Gasteiger partial charge in [-0.2, -0.15) is 10.1 Å². The third kappa shape index (κ3) is 4.22. The molecule has 24 heavy (non-hydrogen) atoms. The Balaban J connectivity index is 1.78. The molecule has 0 atom stereocenters. The summed E-state index contributed by atoms with van der Waals surface area (Å²) in [6, 6.07) is 8.91. The Hall–Kier alpha value is -2.17. The molecule has 128 valence electrons. The van der Waals surface area contributed by atoms with Crippen molar-refractivity contribution in [2.75, 3.05) is 16.8 Å². The lowest BCUT2D eigenvalue weighted by Gasteiger charge is -2.22. The molecule has 0 aliphatic heterocycles. The van der Waals surface area contributed by atoms with Crippen LogP contribution in [0.5, 0.6) is 0 Å². The van der Waals surface area contributed by atoms with Gasteiger partial charge in [-0.3, -0.25) is 0 Å². The lowest BCUT2D eigenvalue weighted by atomic mass is 10.1. The quantitative estimate of drug-likeness (QED) is 0.822. The van der Waals surface area contributed by atoms with Gasteiger partial charge in [0.25, 0.3) is 5.95 Å². The first-order valence-electron chi connectivity index (χ1n) is 9.06. The van der Waals surface area contributed by atoms with Crippen LogP contribution in [0.4, 0.5) is 17.5 Å². The average molecular weight is 325 g/mol. The smallest absolute Gasteiger partial charge is 0.251 e. The first-order valence-corrected chi connectivity index (χ1v) is 9.06. The summed E-state index contributed by atoms with van der Waals surface area (Å²) >= 11 is 0. The molecule has 1 fully saturated rings. The molecule has 1 saturated carbocycles. The van der Waals surface area contributed by atoms with Gasteiger partial charge in [0.1, 0.15) is 0 Å². The number of hydrogen-bond donors (Lipinski definition) is 1. The molecule has 1 aromatic heterocycles. The second-order valence-electron chi connectivity index (χ2n) is 6.56. The lowest BCUT2D eigenvalue weighted by molar-refractivity contribution is 0.616. The molecule has 0 radical (unpaired) electrons. The van der Waals surface area contributed by atoms with Crippen LogP contribution in [0.25, 0.3) is 0 Å². The van der Waals surface area contributed by atoms with Crippen LogP contribution >= 0.6 is 0 Å². The van der Waals surface area contributed by atoms with Crippen molar-refractivity contribution < 1.29 is 0 Å². The molecule has 2 aromatic rings. The Morgan fingerprint density at radius 3 is 2.67 bits per heavy atom. The monoisotopic (exact) mass is 325 g/mol. The number of aromatic nitrogens is 3. The van der Waals surface area contributed by atoms with Gasteiger partial charge in [0.05, 0.1) is 6.20 Å². The molecular formula is C19H27N5. The SMILES string of the molecule is CCN(c1cccc(C)c1)c1nncc(NC2CCCCCC2)n1. The number of nitrogens with zero attached hydrogens (tertiary/aromatic N) is 4. The molecule has 0 bridgehead atoms. The first-order chi connectivity index (χ1) is 11.8. The van der Waals surface area contributed by atoms with Crippen LogP contribution in [0.1, 0.15) is 51.0 Å². The predicted octanol–water partition coefficient (Wildman–Crippen LogP) is 4.47. The molecule has 1 aliphatic rings. The van der Waals surface area contributed by atoms with Gasteiger partial charge in [-0.1, -0.05) is 37.8 Å². The minimum atomic E-state index is 0.506. The van der Waals surface area contributed by atoms with Crippen LogP contribution in [-0.4, -0.2) is 27.8 Å². The highest BCUT2D eigenvalue weighted by Gasteiger charge is 2.15. The van der Waals surface area contributed by atoms with Crippen LogP contribution in [0.3, 0.4) is 0 Å². The maximum absolute atomic E-state index is 4.72. The Bertz CT molecular complexity index is 650. The van der Waals surface area contributed by atoms with Crippen molar-refractivity contribution in [1.82, 2.24) is 15.2 Å². The van der Waals surface area contributed by atoms with Crippen molar-refractivity contribution in [3.63, 3.8) is 0 Å². The summed E-state index contributed by atoms with van der Waals surface area (Å²) in [4.78, 5) is 6.81. The van der Waals surface area contributed by atoms with E-state index in [0.29, 0.717) is 12.0 Å². The maximum Gasteiger partial charge on any atom is 0.251 e. The zero-order valence-electron chi connectivity index (χ0n) is 14.7. The minimum Gasteiger partial charge on any atom is -0.366 e. The van der Waals surface area contributed by atoms with E-state index < -0.39 is 0 Å². The van der Waals surface area contributed by atoms with Gasteiger partial charge in [-0.15, -0.1) is 5.10 Å². The Labute approximate surface area is 144 Å². The summed E-state index contributed by atoms with van der Waals surface area (Å²) in [5.74, 6) is 1.49. The third-order valence-electron chi connectivity index (χ3n) is 4.63. The van der Waals surface area contributed by atoms with Gasteiger partial charge in [-0.05, 0) is 44.4 Å². The number of aryl methyl sites for hydroxylation is 1. The molecule has 1 aromatic carbocycles. The highest BCUT2D eigenvalue weighted by molar-refractivity contribution is 5.58. The van der Waals surface area contributed by atoms with Crippen molar-refractivity contribution in [1.29, 1.82) is 0 Å². The second kappa shape index (κ2) is 8.08. The molecule has 0 spiro atoms. The number of hydrogen-bond acceptors (Lipinski definition) is 5. The summed E-state index contributed by atoms with van der Waals surface area (Å²) < 4.78 is 0. The summed E-state index contributed by atoms with van der Waals surface area (Å²) in [5.41, 5.74) is 2.33. The van der Waals surface area contributed by atoms with Gasteiger partial charge in [0.15, 0.2) is 5.82 Å². The van der Waals surface area contributed by atoms with Gasteiger partial charge >= 0.3 is 0 Å². The topological polar surface area (TPSA) is 53.9 Å². The van der Waals surface area contributed by atoms with E-state index in [4.69, 9.17) is 4.98 Å². The molecular weight excluding hydrogens is 298 g/mol. The van der Waals surface area contributed by atoms with Crippen molar-refractivity contribution in [3.8, 4) is 0 Å².